The fourth-order valence-electron chi connectivity index (χ4n) is 4.44. The minimum Gasteiger partial charge on any atom is -0.308 e. The van der Waals surface area contributed by atoms with Crippen LogP contribution >= 0.6 is 0 Å². The van der Waals surface area contributed by atoms with Crippen molar-refractivity contribution in [2.45, 2.75) is 38.1 Å². The van der Waals surface area contributed by atoms with E-state index in [-0.39, 0.29) is 23.6 Å². The predicted octanol–water partition coefficient (Wildman–Crippen LogP) is 5.05. The minimum atomic E-state index is -0.242. The second-order valence-corrected chi connectivity index (χ2v) is 8.09. The number of amides is 1. The highest BCUT2D eigenvalue weighted by atomic mass is 19.1. The van der Waals surface area contributed by atoms with Gasteiger partial charge in [-0.15, -0.1) is 0 Å². The summed E-state index contributed by atoms with van der Waals surface area (Å²) < 4.78 is 13.2. The van der Waals surface area contributed by atoms with Crippen molar-refractivity contribution in [1.29, 1.82) is 0 Å². The number of rotatable bonds is 5. The number of carbonyl (C=O) groups is 1. The van der Waals surface area contributed by atoms with Crippen molar-refractivity contribution < 1.29 is 9.18 Å². The molecule has 2 aliphatic carbocycles. The summed E-state index contributed by atoms with van der Waals surface area (Å²) in [6.07, 6.45) is 7.78. The van der Waals surface area contributed by atoms with E-state index in [0.717, 1.165) is 36.1 Å². The zero-order valence-electron chi connectivity index (χ0n) is 16.2. The highest BCUT2D eigenvalue weighted by Crippen LogP contribution is 2.49. The van der Waals surface area contributed by atoms with Gasteiger partial charge in [-0.3, -0.25) is 9.78 Å². The van der Waals surface area contributed by atoms with Gasteiger partial charge in [-0.1, -0.05) is 24.3 Å². The lowest BCUT2D eigenvalue weighted by atomic mass is 10.1. The molecule has 0 spiro atoms. The predicted molar refractivity (Wildman–Crippen MR) is 111 cm³/mol. The van der Waals surface area contributed by atoms with Gasteiger partial charge < -0.3 is 4.90 Å². The van der Waals surface area contributed by atoms with Gasteiger partial charge in [-0.25, -0.2) is 4.39 Å². The Morgan fingerprint density at radius 3 is 2.69 bits per heavy atom. The van der Waals surface area contributed by atoms with Crippen LogP contribution in [0, 0.1) is 11.7 Å². The van der Waals surface area contributed by atoms with Crippen LogP contribution < -0.4 is 4.90 Å². The maximum Gasteiger partial charge on any atom is 0.231 e. The maximum atomic E-state index is 13.5. The number of benzene rings is 2. The molecule has 3 nitrogen and oxygen atoms in total. The van der Waals surface area contributed by atoms with Gasteiger partial charge >= 0.3 is 0 Å². The zero-order valence-corrected chi connectivity index (χ0v) is 16.2. The van der Waals surface area contributed by atoms with Crippen molar-refractivity contribution in [3.63, 3.8) is 0 Å². The van der Waals surface area contributed by atoms with Gasteiger partial charge in [0.1, 0.15) is 5.82 Å². The van der Waals surface area contributed by atoms with Crippen LogP contribution in [0.15, 0.2) is 67.0 Å². The van der Waals surface area contributed by atoms with Gasteiger partial charge in [0.05, 0.1) is 6.54 Å². The number of carbonyl (C=O) groups excluding carboxylic acids is 1. The number of aryl methyl sites for hydroxylation is 2. The van der Waals surface area contributed by atoms with Crippen molar-refractivity contribution in [2.75, 3.05) is 4.90 Å². The number of hydrogen-bond donors (Lipinski definition) is 0. The molecule has 4 heteroatoms. The van der Waals surface area contributed by atoms with E-state index in [0.29, 0.717) is 6.54 Å². The lowest BCUT2D eigenvalue weighted by Gasteiger charge is -2.24. The SMILES string of the molecule is O=C(C1CC1c1ccc(F)cc1)N(Cc1cccnc1)c1ccc2c(c1)CCC2. The molecule has 0 aliphatic heterocycles. The van der Waals surface area contributed by atoms with Crippen LogP contribution in [0.5, 0.6) is 0 Å². The van der Waals surface area contributed by atoms with Crippen LogP contribution in [0.1, 0.15) is 41.0 Å². The molecule has 3 aromatic rings. The van der Waals surface area contributed by atoms with Crippen molar-refractivity contribution in [2.24, 2.45) is 5.92 Å². The van der Waals surface area contributed by atoms with Crippen molar-refractivity contribution >= 4 is 11.6 Å². The molecule has 1 amide bonds. The molecule has 146 valence electrons. The van der Waals surface area contributed by atoms with Crippen LogP contribution in [0.25, 0.3) is 0 Å². The van der Waals surface area contributed by atoms with Crippen LogP contribution in [-0.4, -0.2) is 10.9 Å². The van der Waals surface area contributed by atoms with Gasteiger partial charge in [-0.05, 0) is 84.2 Å². The van der Waals surface area contributed by atoms with Gasteiger partial charge in [0.2, 0.25) is 5.91 Å². The van der Waals surface area contributed by atoms with Gasteiger partial charge in [0, 0.05) is 24.0 Å². The first-order chi connectivity index (χ1) is 14.2. The molecule has 1 fully saturated rings. The van der Waals surface area contributed by atoms with E-state index in [1.165, 1.54) is 29.7 Å². The first-order valence-electron chi connectivity index (χ1n) is 10.3. The molecule has 2 unspecified atom stereocenters. The first-order valence-corrected chi connectivity index (χ1v) is 10.3. The maximum absolute atomic E-state index is 13.5. The number of nitrogens with zero attached hydrogens (tertiary/aromatic N) is 2. The Bertz CT molecular complexity index is 1030. The summed E-state index contributed by atoms with van der Waals surface area (Å²) in [4.78, 5) is 19.6. The molecule has 2 atom stereocenters. The van der Waals surface area contributed by atoms with Crippen molar-refractivity contribution in [3.8, 4) is 0 Å². The largest absolute Gasteiger partial charge is 0.308 e. The molecular formula is C25H23FN2O. The van der Waals surface area contributed by atoms with E-state index in [9.17, 15) is 9.18 Å². The number of fused-ring (bicyclic) bond motifs is 1. The summed E-state index contributed by atoms with van der Waals surface area (Å²) >= 11 is 0. The summed E-state index contributed by atoms with van der Waals surface area (Å²) in [5.41, 5.74) is 5.78. The van der Waals surface area contributed by atoms with Crippen molar-refractivity contribution in [3.05, 3.63) is 95.1 Å². The van der Waals surface area contributed by atoms with E-state index in [2.05, 4.69) is 23.2 Å². The summed E-state index contributed by atoms with van der Waals surface area (Å²) in [5.74, 6) is 0.0223. The highest BCUT2D eigenvalue weighted by molar-refractivity contribution is 5.97. The van der Waals surface area contributed by atoms with E-state index in [4.69, 9.17) is 0 Å². The molecule has 5 rings (SSSR count). The third-order valence-corrected chi connectivity index (χ3v) is 6.13. The van der Waals surface area contributed by atoms with Crippen LogP contribution in [0.2, 0.25) is 0 Å². The Labute approximate surface area is 170 Å². The molecule has 1 aromatic heterocycles. The molecule has 0 radical (unpaired) electrons. The molecule has 0 N–H and O–H groups in total. The average Bonchev–Trinajstić information content (AvgIpc) is 3.41. The summed E-state index contributed by atoms with van der Waals surface area (Å²) in [7, 11) is 0. The second kappa shape index (κ2) is 7.43. The standard InChI is InChI=1S/C25H23FN2O/c26-21-9-6-19(7-10-21)23-14-24(23)25(29)28(16-17-3-2-12-27-15-17)22-11-8-18-4-1-5-20(18)13-22/h2-3,6-13,15,23-24H,1,4-5,14,16H2. The lowest BCUT2D eigenvalue weighted by molar-refractivity contribution is -0.120. The quantitative estimate of drug-likeness (QED) is 0.615. The second-order valence-electron chi connectivity index (χ2n) is 8.09. The lowest BCUT2D eigenvalue weighted by Crippen LogP contribution is -2.32. The van der Waals surface area contributed by atoms with E-state index < -0.39 is 0 Å². The van der Waals surface area contributed by atoms with Gasteiger partial charge in [0.25, 0.3) is 0 Å². The van der Waals surface area contributed by atoms with E-state index in [1.807, 2.05) is 23.2 Å². The third-order valence-electron chi connectivity index (χ3n) is 6.13. The van der Waals surface area contributed by atoms with E-state index >= 15 is 0 Å². The van der Waals surface area contributed by atoms with Crippen molar-refractivity contribution in [1.82, 2.24) is 4.98 Å². The Morgan fingerprint density at radius 1 is 1.07 bits per heavy atom. The number of aromatic nitrogens is 1. The molecular weight excluding hydrogens is 363 g/mol. The Kier molecular flexibility index (Phi) is 4.62. The fraction of sp³-hybridized carbons (Fsp3) is 0.280. The molecule has 2 aromatic carbocycles. The summed E-state index contributed by atoms with van der Waals surface area (Å²) in [6.45, 7) is 0.512. The molecule has 1 saturated carbocycles. The number of pyridine rings is 1. The normalized spacial score (nSPS) is 19.6. The number of anilines is 1. The van der Waals surface area contributed by atoms with Gasteiger partial charge in [-0.2, -0.15) is 0 Å². The molecule has 1 heterocycles. The average molecular weight is 386 g/mol. The topological polar surface area (TPSA) is 33.2 Å². The van der Waals surface area contributed by atoms with Crippen LogP contribution in [-0.2, 0) is 24.2 Å². The summed E-state index contributed by atoms with van der Waals surface area (Å²) in [5, 5.41) is 0. The monoisotopic (exact) mass is 386 g/mol. The molecule has 29 heavy (non-hydrogen) atoms. The first kappa shape index (κ1) is 18.0. The van der Waals surface area contributed by atoms with E-state index in [1.54, 1.807) is 18.3 Å². The molecule has 2 aliphatic rings. The van der Waals surface area contributed by atoms with Crippen LogP contribution in [0.3, 0.4) is 0 Å². The molecule has 0 saturated heterocycles. The Hall–Kier alpha value is -3.01. The zero-order chi connectivity index (χ0) is 19.8. The van der Waals surface area contributed by atoms with Crippen LogP contribution in [0.4, 0.5) is 10.1 Å². The van der Waals surface area contributed by atoms with Gasteiger partial charge in [0.15, 0.2) is 0 Å². The Morgan fingerprint density at radius 2 is 1.90 bits per heavy atom. The smallest absolute Gasteiger partial charge is 0.231 e. The Balaban J connectivity index is 1.42. The minimum absolute atomic E-state index is 0.0506. The third kappa shape index (κ3) is 3.67. The number of halogens is 1. The summed E-state index contributed by atoms with van der Waals surface area (Å²) in [6, 6.07) is 16.9. The molecule has 0 bridgehead atoms. The highest BCUT2D eigenvalue weighted by Gasteiger charge is 2.46. The fourth-order valence-corrected chi connectivity index (χ4v) is 4.44. The number of hydrogen-bond acceptors (Lipinski definition) is 2.